The Morgan fingerprint density at radius 2 is 2.11 bits per heavy atom. The number of allylic oxidation sites excluding steroid dienone is 1. The van der Waals surface area contributed by atoms with Gasteiger partial charge in [-0.25, -0.2) is 4.79 Å². The van der Waals surface area contributed by atoms with Gasteiger partial charge < -0.3 is 10.1 Å². The second kappa shape index (κ2) is 8.64. The first-order chi connectivity index (χ1) is 8.72. The van der Waals surface area contributed by atoms with Crippen LogP contribution in [0.1, 0.15) is 13.8 Å². The molecule has 0 saturated heterocycles. The number of ether oxygens (including phenoxy) is 1. The molecule has 0 amide bonds. The number of hydrogen-bond acceptors (Lipinski definition) is 4. The zero-order valence-corrected chi connectivity index (χ0v) is 11.6. The van der Waals surface area contributed by atoms with Gasteiger partial charge in [-0.05, 0) is 24.8 Å². The van der Waals surface area contributed by atoms with Crippen molar-refractivity contribution in [2.75, 3.05) is 23.4 Å². The smallest absolute Gasteiger partial charge is 0.332 e. The molecule has 0 spiro atoms. The molecule has 0 unspecified atom stereocenters. The van der Waals surface area contributed by atoms with Gasteiger partial charge in [0.25, 0.3) is 0 Å². The van der Waals surface area contributed by atoms with E-state index in [0.29, 0.717) is 6.61 Å². The average Bonchev–Trinajstić information content (AvgIpc) is 2.35. The molecule has 1 aromatic rings. The standard InChI is InChI=1S/C14H19NO2S/c1-3-18-10-9-17-14(16)11-12(2)15-13-7-5-4-6-8-13/h4-8,11,15H,3,9-10H2,1-2H3/b12-11-. The summed E-state index contributed by atoms with van der Waals surface area (Å²) in [7, 11) is 0. The summed E-state index contributed by atoms with van der Waals surface area (Å²) in [4.78, 5) is 11.5. The van der Waals surface area contributed by atoms with Crippen molar-refractivity contribution in [3.8, 4) is 0 Å². The van der Waals surface area contributed by atoms with Gasteiger partial charge in [0.15, 0.2) is 0 Å². The van der Waals surface area contributed by atoms with Crippen LogP contribution in [0.5, 0.6) is 0 Å². The summed E-state index contributed by atoms with van der Waals surface area (Å²) in [5.74, 6) is 1.59. The molecule has 1 N–H and O–H groups in total. The van der Waals surface area contributed by atoms with Crippen molar-refractivity contribution in [2.24, 2.45) is 0 Å². The van der Waals surface area contributed by atoms with Crippen LogP contribution in [0.15, 0.2) is 42.1 Å². The number of anilines is 1. The predicted molar refractivity (Wildman–Crippen MR) is 77.8 cm³/mol. The summed E-state index contributed by atoms with van der Waals surface area (Å²) in [5, 5.41) is 3.13. The molecular weight excluding hydrogens is 246 g/mol. The molecule has 98 valence electrons. The first-order valence-electron chi connectivity index (χ1n) is 5.97. The van der Waals surface area contributed by atoms with Crippen molar-refractivity contribution < 1.29 is 9.53 Å². The highest BCUT2D eigenvalue weighted by atomic mass is 32.2. The lowest BCUT2D eigenvalue weighted by Crippen LogP contribution is -2.07. The number of rotatable bonds is 7. The number of para-hydroxylation sites is 1. The first kappa shape index (κ1) is 14.6. The highest BCUT2D eigenvalue weighted by molar-refractivity contribution is 7.99. The summed E-state index contributed by atoms with van der Waals surface area (Å²) in [6, 6.07) is 9.72. The number of hydrogen-bond donors (Lipinski definition) is 1. The Labute approximate surface area is 113 Å². The largest absolute Gasteiger partial charge is 0.462 e. The molecule has 0 saturated carbocycles. The van der Waals surface area contributed by atoms with E-state index in [1.54, 1.807) is 11.8 Å². The number of benzene rings is 1. The molecule has 0 aliphatic rings. The number of thioether (sulfide) groups is 1. The van der Waals surface area contributed by atoms with Crippen molar-refractivity contribution in [1.29, 1.82) is 0 Å². The van der Waals surface area contributed by atoms with E-state index in [1.807, 2.05) is 37.3 Å². The Hall–Kier alpha value is -1.42. The first-order valence-corrected chi connectivity index (χ1v) is 7.12. The SMILES string of the molecule is CCSCCOC(=O)/C=C(/C)Nc1ccccc1. The van der Waals surface area contributed by atoms with Crippen molar-refractivity contribution in [3.63, 3.8) is 0 Å². The molecular formula is C14H19NO2S. The van der Waals surface area contributed by atoms with Gasteiger partial charge in [0, 0.05) is 23.2 Å². The van der Waals surface area contributed by atoms with Crippen LogP contribution in [-0.4, -0.2) is 24.1 Å². The predicted octanol–water partition coefficient (Wildman–Crippen LogP) is 3.30. The fourth-order valence-corrected chi connectivity index (χ4v) is 1.84. The maximum Gasteiger partial charge on any atom is 0.332 e. The average molecular weight is 265 g/mol. The van der Waals surface area contributed by atoms with Gasteiger partial charge in [-0.1, -0.05) is 25.1 Å². The van der Waals surface area contributed by atoms with E-state index in [0.717, 1.165) is 22.9 Å². The molecule has 0 bridgehead atoms. The Kier molecular flexibility index (Phi) is 7.03. The molecule has 4 heteroatoms. The van der Waals surface area contributed by atoms with E-state index >= 15 is 0 Å². The molecule has 1 aromatic carbocycles. The zero-order valence-electron chi connectivity index (χ0n) is 10.8. The van der Waals surface area contributed by atoms with E-state index < -0.39 is 0 Å². The third-order valence-electron chi connectivity index (χ3n) is 2.13. The van der Waals surface area contributed by atoms with Crippen LogP contribution in [0.4, 0.5) is 5.69 Å². The van der Waals surface area contributed by atoms with E-state index in [1.165, 1.54) is 6.08 Å². The van der Waals surface area contributed by atoms with E-state index in [2.05, 4.69) is 12.2 Å². The van der Waals surface area contributed by atoms with Crippen molar-refractivity contribution in [2.45, 2.75) is 13.8 Å². The van der Waals surface area contributed by atoms with E-state index in [-0.39, 0.29) is 5.97 Å². The number of carbonyl (C=O) groups excluding carboxylic acids is 1. The van der Waals surface area contributed by atoms with Gasteiger partial charge in [-0.15, -0.1) is 0 Å². The monoisotopic (exact) mass is 265 g/mol. The minimum atomic E-state index is -0.298. The molecule has 0 fully saturated rings. The minimum absolute atomic E-state index is 0.298. The molecule has 18 heavy (non-hydrogen) atoms. The number of esters is 1. The van der Waals surface area contributed by atoms with Crippen LogP contribution in [-0.2, 0) is 9.53 Å². The topological polar surface area (TPSA) is 38.3 Å². The molecule has 3 nitrogen and oxygen atoms in total. The fourth-order valence-electron chi connectivity index (χ4n) is 1.35. The van der Waals surface area contributed by atoms with Gasteiger partial charge in [-0.3, -0.25) is 0 Å². The van der Waals surface area contributed by atoms with Crippen molar-refractivity contribution >= 4 is 23.4 Å². The quantitative estimate of drug-likeness (QED) is 0.466. The van der Waals surface area contributed by atoms with Crippen molar-refractivity contribution in [3.05, 3.63) is 42.1 Å². The van der Waals surface area contributed by atoms with Gasteiger partial charge in [0.2, 0.25) is 0 Å². The van der Waals surface area contributed by atoms with E-state index in [4.69, 9.17) is 4.74 Å². The zero-order chi connectivity index (χ0) is 13.2. The van der Waals surface area contributed by atoms with Gasteiger partial charge >= 0.3 is 5.97 Å². The highest BCUT2D eigenvalue weighted by Crippen LogP contribution is 2.08. The molecule has 0 heterocycles. The second-order valence-electron chi connectivity index (χ2n) is 3.68. The maximum atomic E-state index is 11.5. The maximum absolute atomic E-state index is 11.5. The van der Waals surface area contributed by atoms with Gasteiger partial charge in [0.1, 0.15) is 6.61 Å². The lowest BCUT2D eigenvalue weighted by molar-refractivity contribution is -0.137. The minimum Gasteiger partial charge on any atom is -0.462 e. The van der Waals surface area contributed by atoms with Crippen LogP contribution >= 0.6 is 11.8 Å². The van der Waals surface area contributed by atoms with Crippen molar-refractivity contribution in [1.82, 2.24) is 0 Å². The molecule has 0 radical (unpaired) electrons. The lowest BCUT2D eigenvalue weighted by Gasteiger charge is -2.06. The summed E-state index contributed by atoms with van der Waals surface area (Å²) in [5.41, 5.74) is 1.73. The molecule has 1 rings (SSSR count). The van der Waals surface area contributed by atoms with Crippen LogP contribution in [0, 0.1) is 0 Å². The summed E-state index contributed by atoms with van der Waals surface area (Å²) in [6.07, 6.45) is 1.48. The molecule has 0 aliphatic carbocycles. The second-order valence-corrected chi connectivity index (χ2v) is 5.08. The van der Waals surface area contributed by atoms with Gasteiger partial charge in [0.05, 0.1) is 0 Å². The third kappa shape index (κ3) is 6.35. The third-order valence-corrected chi connectivity index (χ3v) is 2.99. The Balaban J connectivity index is 2.34. The normalized spacial score (nSPS) is 11.1. The lowest BCUT2D eigenvalue weighted by atomic mass is 10.3. The van der Waals surface area contributed by atoms with Crippen LogP contribution < -0.4 is 5.32 Å². The molecule has 0 aliphatic heterocycles. The Morgan fingerprint density at radius 3 is 2.78 bits per heavy atom. The number of nitrogens with one attached hydrogen (secondary N) is 1. The van der Waals surface area contributed by atoms with Crippen LogP contribution in [0.2, 0.25) is 0 Å². The number of carbonyl (C=O) groups is 1. The summed E-state index contributed by atoms with van der Waals surface area (Å²) >= 11 is 1.76. The molecule has 0 aromatic heterocycles. The molecule has 0 atom stereocenters. The summed E-state index contributed by atoms with van der Waals surface area (Å²) in [6.45, 7) is 4.39. The summed E-state index contributed by atoms with van der Waals surface area (Å²) < 4.78 is 5.08. The van der Waals surface area contributed by atoms with Gasteiger partial charge in [-0.2, -0.15) is 11.8 Å². The Bertz CT molecular complexity index is 390. The van der Waals surface area contributed by atoms with Crippen LogP contribution in [0.3, 0.4) is 0 Å². The fraction of sp³-hybridized carbons (Fsp3) is 0.357. The van der Waals surface area contributed by atoms with E-state index in [9.17, 15) is 4.79 Å². The van der Waals surface area contributed by atoms with Crippen LogP contribution in [0.25, 0.3) is 0 Å². The highest BCUT2D eigenvalue weighted by Gasteiger charge is 1.99. The Morgan fingerprint density at radius 1 is 1.39 bits per heavy atom.